The molecule has 0 saturated heterocycles. The summed E-state index contributed by atoms with van der Waals surface area (Å²) in [5.41, 5.74) is 3.63. The molecule has 0 atom stereocenters. The number of thiophene rings is 1. The van der Waals surface area contributed by atoms with Crippen molar-refractivity contribution in [3.8, 4) is 0 Å². The van der Waals surface area contributed by atoms with E-state index in [9.17, 15) is 13.2 Å². The number of fused-ring (bicyclic) bond motifs is 1. The summed E-state index contributed by atoms with van der Waals surface area (Å²) in [6, 6.07) is 16.5. The third kappa shape index (κ3) is 5.58. The van der Waals surface area contributed by atoms with E-state index in [1.54, 1.807) is 29.5 Å². The molecule has 1 amide bonds. The summed E-state index contributed by atoms with van der Waals surface area (Å²) in [5, 5.41) is 4.94. The molecule has 4 rings (SSSR count). The molecule has 1 N–H and O–H groups in total. The van der Waals surface area contributed by atoms with E-state index in [-0.39, 0.29) is 10.8 Å². The fourth-order valence-corrected chi connectivity index (χ4v) is 6.56. The first-order valence-corrected chi connectivity index (χ1v) is 14.0. The number of hydrogen-bond donors (Lipinski definition) is 1. The van der Waals surface area contributed by atoms with E-state index in [0.717, 1.165) is 37.2 Å². The van der Waals surface area contributed by atoms with Gasteiger partial charge >= 0.3 is 0 Å². The Balaban J connectivity index is 1.42. The topological polar surface area (TPSA) is 69.7 Å². The summed E-state index contributed by atoms with van der Waals surface area (Å²) >= 11 is 1.67. The van der Waals surface area contributed by atoms with Crippen LogP contribution in [-0.4, -0.2) is 43.2 Å². The summed E-state index contributed by atoms with van der Waals surface area (Å²) in [5.74, 6) is -0.287. The van der Waals surface area contributed by atoms with E-state index in [0.29, 0.717) is 25.2 Å². The van der Waals surface area contributed by atoms with Crippen LogP contribution < -0.4 is 5.32 Å². The van der Waals surface area contributed by atoms with Crippen LogP contribution in [0.15, 0.2) is 64.9 Å². The number of nitrogens with zero attached hydrogens (tertiary/aromatic N) is 2. The van der Waals surface area contributed by atoms with E-state index >= 15 is 0 Å². The molecular weight excluding hydrogens is 466 g/mol. The van der Waals surface area contributed by atoms with Crippen LogP contribution in [0.1, 0.15) is 45.8 Å². The highest BCUT2D eigenvalue weighted by Gasteiger charge is 2.29. The van der Waals surface area contributed by atoms with Crippen molar-refractivity contribution in [2.75, 3.05) is 19.6 Å². The third-order valence-electron chi connectivity index (χ3n) is 6.25. The minimum absolute atomic E-state index is 0.153. The zero-order valence-electron chi connectivity index (χ0n) is 19.7. The molecule has 34 heavy (non-hydrogen) atoms. The van der Waals surface area contributed by atoms with E-state index < -0.39 is 10.0 Å². The van der Waals surface area contributed by atoms with Crippen molar-refractivity contribution in [3.05, 3.63) is 87.1 Å². The second-order valence-electron chi connectivity index (χ2n) is 8.45. The number of benzene rings is 2. The molecule has 3 aromatic rings. The zero-order chi connectivity index (χ0) is 24.1. The molecule has 6 nitrogen and oxygen atoms in total. The highest BCUT2D eigenvalue weighted by atomic mass is 32.2. The van der Waals surface area contributed by atoms with Crippen LogP contribution in [0, 0.1) is 0 Å². The van der Waals surface area contributed by atoms with E-state index in [4.69, 9.17) is 0 Å². The van der Waals surface area contributed by atoms with Gasteiger partial charge in [-0.1, -0.05) is 44.2 Å². The third-order valence-corrected chi connectivity index (χ3v) is 9.12. The Bertz CT molecular complexity index is 1250. The normalized spacial score (nSPS) is 14.2. The van der Waals surface area contributed by atoms with Gasteiger partial charge in [-0.2, -0.15) is 4.31 Å². The summed E-state index contributed by atoms with van der Waals surface area (Å²) < 4.78 is 28.0. The Hall–Kier alpha value is -2.52. The van der Waals surface area contributed by atoms with Gasteiger partial charge in [0.2, 0.25) is 10.0 Å². The fraction of sp³-hybridized carbons (Fsp3) is 0.346. The van der Waals surface area contributed by atoms with Crippen LogP contribution in [-0.2, 0) is 36.1 Å². The molecular formula is C26H31N3O3S2. The molecule has 1 aliphatic heterocycles. The molecule has 1 aromatic heterocycles. The zero-order valence-corrected chi connectivity index (χ0v) is 21.3. The van der Waals surface area contributed by atoms with Gasteiger partial charge in [0.15, 0.2) is 0 Å². The van der Waals surface area contributed by atoms with Crippen LogP contribution in [0.25, 0.3) is 0 Å². The molecule has 8 heteroatoms. The highest BCUT2D eigenvalue weighted by Crippen LogP contribution is 2.28. The molecule has 0 aliphatic carbocycles. The minimum atomic E-state index is -3.67. The molecule has 0 bridgehead atoms. The largest absolute Gasteiger partial charge is 0.348 e. The monoisotopic (exact) mass is 497 g/mol. The van der Waals surface area contributed by atoms with Crippen LogP contribution in [0.2, 0.25) is 0 Å². The summed E-state index contributed by atoms with van der Waals surface area (Å²) in [6.45, 7) is 8.36. The van der Waals surface area contributed by atoms with Gasteiger partial charge in [0.05, 0.1) is 4.90 Å². The smallest absolute Gasteiger partial charge is 0.251 e. The van der Waals surface area contributed by atoms with Gasteiger partial charge in [-0.05, 0) is 65.8 Å². The standard InChI is InChI=1S/C26H31N3O3S2/c1-3-28(4-2)18-21-8-5-7-20(15-21)17-27-26(30)22-9-6-10-24(16-22)34(31,32)29-13-11-25-23(19-29)12-14-33-25/h5-10,12,14-16H,3-4,11,13,17-19H2,1-2H3,(H,27,30). The van der Waals surface area contributed by atoms with E-state index in [2.05, 4.69) is 36.2 Å². The van der Waals surface area contributed by atoms with Crippen molar-refractivity contribution in [1.82, 2.24) is 14.5 Å². The second-order valence-corrected chi connectivity index (χ2v) is 11.4. The number of nitrogens with one attached hydrogen (secondary N) is 1. The first-order chi connectivity index (χ1) is 16.4. The quantitative estimate of drug-likeness (QED) is 0.479. The fourth-order valence-electron chi connectivity index (χ4n) is 4.20. The number of hydrogen-bond acceptors (Lipinski definition) is 5. The lowest BCUT2D eigenvalue weighted by atomic mass is 10.1. The van der Waals surface area contributed by atoms with E-state index in [1.807, 2.05) is 23.6 Å². The summed E-state index contributed by atoms with van der Waals surface area (Å²) in [6.07, 6.45) is 0.722. The lowest BCUT2D eigenvalue weighted by molar-refractivity contribution is 0.0950. The van der Waals surface area contributed by atoms with Gasteiger partial charge in [-0.25, -0.2) is 8.42 Å². The average Bonchev–Trinajstić information content (AvgIpc) is 3.34. The second kappa shape index (κ2) is 10.8. The van der Waals surface area contributed by atoms with Crippen LogP contribution in [0.4, 0.5) is 0 Å². The number of sulfonamides is 1. The Morgan fingerprint density at radius 1 is 1.06 bits per heavy atom. The molecule has 180 valence electrons. The predicted octanol–water partition coefficient (Wildman–Crippen LogP) is 4.27. The van der Waals surface area contributed by atoms with Crippen molar-refractivity contribution in [2.24, 2.45) is 0 Å². The van der Waals surface area contributed by atoms with Crippen LogP contribution in [0.3, 0.4) is 0 Å². The first-order valence-electron chi connectivity index (χ1n) is 11.6. The van der Waals surface area contributed by atoms with Gasteiger partial charge in [0, 0.05) is 36.6 Å². The molecule has 0 fully saturated rings. The summed E-state index contributed by atoms with van der Waals surface area (Å²) in [4.78, 5) is 16.6. The average molecular weight is 498 g/mol. The number of rotatable bonds is 9. The maximum absolute atomic E-state index is 13.2. The van der Waals surface area contributed by atoms with Crippen molar-refractivity contribution in [3.63, 3.8) is 0 Å². The van der Waals surface area contributed by atoms with Gasteiger partial charge in [-0.15, -0.1) is 11.3 Å². The molecule has 0 unspecified atom stereocenters. The molecule has 1 aliphatic rings. The Kier molecular flexibility index (Phi) is 7.83. The molecule has 0 radical (unpaired) electrons. The van der Waals surface area contributed by atoms with Crippen molar-refractivity contribution >= 4 is 27.3 Å². The lowest BCUT2D eigenvalue weighted by Crippen LogP contribution is -2.35. The van der Waals surface area contributed by atoms with Crippen molar-refractivity contribution < 1.29 is 13.2 Å². The molecule has 2 heterocycles. The van der Waals surface area contributed by atoms with E-state index in [1.165, 1.54) is 20.8 Å². The molecule has 2 aromatic carbocycles. The Morgan fingerprint density at radius 2 is 1.82 bits per heavy atom. The summed E-state index contributed by atoms with van der Waals surface area (Å²) in [7, 11) is -3.67. The van der Waals surface area contributed by atoms with Crippen LogP contribution >= 0.6 is 11.3 Å². The predicted molar refractivity (Wildman–Crippen MR) is 136 cm³/mol. The highest BCUT2D eigenvalue weighted by molar-refractivity contribution is 7.89. The maximum atomic E-state index is 13.2. The Labute approximate surface area is 206 Å². The van der Waals surface area contributed by atoms with Gasteiger partial charge < -0.3 is 5.32 Å². The van der Waals surface area contributed by atoms with Gasteiger partial charge in [0.25, 0.3) is 5.91 Å². The SMILES string of the molecule is CCN(CC)Cc1cccc(CNC(=O)c2cccc(S(=O)(=O)N3CCc4sccc4C3)c2)c1. The van der Waals surface area contributed by atoms with Gasteiger partial charge in [-0.3, -0.25) is 9.69 Å². The lowest BCUT2D eigenvalue weighted by Gasteiger charge is -2.26. The minimum Gasteiger partial charge on any atom is -0.348 e. The molecule has 0 spiro atoms. The number of amides is 1. The first kappa shape index (κ1) is 24.6. The van der Waals surface area contributed by atoms with Gasteiger partial charge in [0.1, 0.15) is 0 Å². The molecule has 0 saturated carbocycles. The number of carbonyl (C=O) groups excluding carboxylic acids is 1. The Morgan fingerprint density at radius 3 is 2.62 bits per heavy atom. The van der Waals surface area contributed by atoms with Crippen molar-refractivity contribution in [2.45, 2.75) is 44.8 Å². The maximum Gasteiger partial charge on any atom is 0.251 e. The van der Waals surface area contributed by atoms with Crippen molar-refractivity contribution in [1.29, 1.82) is 0 Å². The van der Waals surface area contributed by atoms with Crippen LogP contribution in [0.5, 0.6) is 0 Å². The number of carbonyl (C=O) groups is 1.